The summed E-state index contributed by atoms with van der Waals surface area (Å²) in [5, 5.41) is 0. The average Bonchev–Trinajstić information content (AvgIpc) is 3.34. The molecule has 0 bridgehead atoms. The second-order valence-corrected chi connectivity index (χ2v) is 17.3. The van der Waals surface area contributed by atoms with Gasteiger partial charge in [0.05, 0.1) is 0 Å². The summed E-state index contributed by atoms with van der Waals surface area (Å²) < 4.78 is 16.7. The molecule has 0 heterocycles. The molecule has 68 heavy (non-hydrogen) atoms. The molecule has 0 saturated heterocycles. The average molecular weight is 937 g/mol. The van der Waals surface area contributed by atoms with Crippen LogP contribution in [-0.4, -0.2) is 37.2 Å². The Kier molecular flexibility index (Phi) is 51.1. The summed E-state index contributed by atoms with van der Waals surface area (Å²) in [4.78, 5) is 38.0. The van der Waals surface area contributed by atoms with Gasteiger partial charge in [-0.2, -0.15) is 0 Å². The zero-order valence-corrected chi connectivity index (χ0v) is 43.3. The molecule has 1 atom stereocenters. The van der Waals surface area contributed by atoms with Gasteiger partial charge in [0, 0.05) is 19.3 Å². The van der Waals surface area contributed by atoms with Crippen molar-refractivity contribution in [3.63, 3.8) is 0 Å². The second kappa shape index (κ2) is 54.9. The molecule has 0 aromatic carbocycles. The lowest BCUT2D eigenvalue weighted by Gasteiger charge is -2.18. The minimum absolute atomic E-state index is 0.129. The van der Waals surface area contributed by atoms with E-state index in [1.165, 1.54) is 96.3 Å². The highest BCUT2D eigenvalue weighted by molar-refractivity contribution is 5.71. The van der Waals surface area contributed by atoms with Gasteiger partial charge in [-0.3, -0.25) is 14.4 Å². The van der Waals surface area contributed by atoms with Crippen molar-refractivity contribution in [3.8, 4) is 0 Å². The first-order chi connectivity index (χ1) is 33.5. The summed E-state index contributed by atoms with van der Waals surface area (Å²) in [6, 6.07) is 0. The van der Waals surface area contributed by atoms with Gasteiger partial charge in [-0.05, 0) is 51.4 Å². The molecule has 0 aliphatic rings. The van der Waals surface area contributed by atoms with E-state index in [0.717, 1.165) is 57.8 Å². The van der Waals surface area contributed by atoms with Crippen LogP contribution in [0.4, 0.5) is 0 Å². The van der Waals surface area contributed by atoms with E-state index in [4.69, 9.17) is 14.2 Å². The standard InChI is InChI=1S/C62H96O6/c1-4-7-10-13-16-19-22-25-27-29-31-33-34-37-40-43-46-49-52-55-61(64)67-58-59(57-66-60(63)54-51-48-45-42-39-36-24-21-18-15-12-9-6-3)68-62(65)56-53-50-47-44-41-38-35-32-30-28-26-23-20-17-14-11-8-5-2/h7,9-10,12-13,15-16,18-19,21-22,24-25,27,29,31,33-34,36-37,39-40,42,45,59H,4-6,8,11,14,17,20,23,26,28,30,32,35,38,41,43-44,46-58H2,1-3H3/b10-7+,12-9+,16-13+,18-15+,22-19+,24-21+,27-25+,31-29+,34-33+,39-36+,40-37+,45-42+. The summed E-state index contributed by atoms with van der Waals surface area (Å²) >= 11 is 0. The van der Waals surface area contributed by atoms with Crippen molar-refractivity contribution in [1.29, 1.82) is 0 Å². The number of hydrogen-bond donors (Lipinski definition) is 0. The van der Waals surface area contributed by atoms with Crippen LogP contribution in [0.3, 0.4) is 0 Å². The molecule has 0 amide bonds. The highest BCUT2D eigenvalue weighted by atomic mass is 16.6. The van der Waals surface area contributed by atoms with Crippen molar-refractivity contribution in [1.82, 2.24) is 0 Å². The maximum atomic E-state index is 12.8. The number of allylic oxidation sites excluding steroid dienone is 24. The van der Waals surface area contributed by atoms with Gasteiger partial charge in [0.1, 0.15) is 13.2 Å². The SMILES string of the molecule is CC/C=C/C=C/C=C/C=C/C=C/C=C/C=C/CCCCCC(=O)OCC(COC(=O)CCC/C=C/C=C/C=C/C=C/C=C/CC)OC(=O)CCCCCCCCCCCCCCCCCCCC. The van der Waals surface area contributed by atoms with Crippen LogP contribution in [0, 0.1) is 0 Å². The third-order valence-corrected chi connectivity index (χ3v) is 10.9. The maximum Gasteiger partial charge on any atom is 0.306 e. The van der Waals surface area contributed by atoms with Crippen LogP contribution < -0.4 is 0 Å². The highest BCUT2D eigenvalue weighted by Crippen LogP contribution is 2.15. The molecule has 0 aliphatic carbocycles. The lowest BCUT2D eigenvalue weighted by atomic mass is 10.0. The molecule has 380 valence electrons. The number of unbranched alkanes of at least 4 members (excludes halogenated alkanes) is 21. The van der Waals surface area contributed by atoms with E-state index in [-0.39, 0.29) is 44.0 Å². The van der Waals surface area contributed by atoms with Gasteiger partial charge in [0.15, 0.2) is 6.10 Å². The zero-order chi connectivity index (χ0) is 49.3. The number of carbonyl (C=O) groups excluding carboxylic acids is 3. The molecular weight excluding hydrogens is 841 g/mol. The van der Waals surface area contributed by atoms with Gasteiger partial charge >= 0.3 is 17.9 Å². The van der Waals surface area contributed by atoms with E-state index >= 15 is 0 Å². The first-order valence-electron chi connectivity index (χ1n) is 27.0. The smallest absolute Gasteiger partial charge is 0.306 e. The van der Waals surface area contributed by atoms with Gasteiger partial charge in [-0.15, -0.1) is 0 Å². The molecule has 0 spiro atoms. The minimum Gasteiger partial charge on any atom is -0.462 e. The Morgan fingerprint density at radius 1 is 0.309 bits per heavy atom. The van der Waals surface area contributed by atoms with Crippen LogP contribution in [0.15, 0.2) is 146 Å². The largest absolute Gasteiger partial charge is 0.462 e. The van der Waals surface area contributed by atoms with Crippen LogP contribution in [0.5, 0.6) is 0 Å². The van der Waals surface area contributed by atoms with Crippen LogP contribution in [0.1, 0.15) is 207 Å². The van der Waals surface area contributed by atoms with Crippen molar-refractivity contribution in [2.24, 2.45) is 0 Å². The number of ether oxygens (including phenoxy) is 3. The summed E-state index contributed by atoms with van der Waals surface area (Å²) in [7, 11) is 0. The predicted molar refractivity (Wildman–Crippen MR) is 292 cm³/mol. The molecule has 0 rings (SSSR count). The van der Waals surface area contributed by atoms with E-state index in [0.29, 0.717) is 19.3 Å². The lowest BCUT2D eigenvalue weighted by molar-refractivity contribution is -0.167. The second-order valence-electron chi connectivity index (χ2n) is 17.3. The van der Waals surface area contributed by atoms with Gasteiger partial charge in [-0.25, -0.2) is 0 Å². The summed E-state index contributed by atoms with van der Waals surface area (Å²) in [6.45, 7) is 6.24. The molecule has 0 aliphatic heterocycles. The third-order valence-electron chi connectivity index (χ3n) is 10.9. The number of rotatable bonds is 46. The Balaban J connectivity index is 4.57. The van der Waals surface area contributed by atoms with Crippen LogP contribution in [0.25, 0.3) is 0 Å². The van der Waals surface area contributed by atoms with Crippen molar-refractivity contribution in [2.75, 3.05) is 13.2 Å². The molecule has 1 unspecified atom stereocenters. The van der Waals surface area contributed by atoms with Gasteiger partial charge in [0.25, 0.3) is 0 Å². The molecule has 0 aromatic rings. The van der Waals surface area contributed by atoms with E-state index < -0.39 is 6.10 Å². The Labute approximate surface area is 417 Å². The Morgan fingerprint density at radius 3 is 0.956 bits per heavy atom. The van der Waals surface area contributed by atoms with Crippen LogP contribution in [-0.2, 0) is 28.6 Å². The Bertz CT molecular complexity index is 1540. The first-order valence-corrected chi connectivity index (χ1v) is 27.0. The topological polar surface area (TPSA) is 78.9 Å². The Morgan fingerprint density at radius 2 is 0.588 bits per heavy atom. The van der Waals surface area contributed by atoms with E-state index in [1.807, 2.05) is 128 Å². The Hall–Kier alpha value is -4.71. The van der Waals surface area contributed by atoms with Crippen molar-refractivity contribution >= 4 is 17.9 Å². The molecular formula is C62H96O6. The van der Waals surface area contributed by atoms with Crippen molar-refractivity contribution < 1.29 is 28.6 Å². The number of esters is 3. The fraction of sp³-hybridized carbons (Fsp3) is 0.565. The highest BCUT2D eigenvalue weighted by Gasteiger charge is 2.19. The summed E-state index contributed by atoms with van der Waals surface area (Å²) in [5.41, 5.74) is 0. The third kappa shape index (κ3) is 52.3. The predicted octanol–water partition coefficient (Wildman–Crippen LogP) is 18.0. The van der Waals surface area contributed by atoms with Gasteiger partial charge in [0.2, 0.25) is 0 Å². The molecule has 6 heteroatoms. The minimum atomic E-state index is -0.831. The molecule has 0 aromatic heterocycles. The molecule has 6 nitrogen and oxygen atoms in total. The van der Waals surface area contributed by atoms with Crippen molar-refractivity contribution in [3.05, 3.63) is 146 Å². The molecule has 0 saturated carbocycles. The zero-order valence-electron chi connectivity index (χ0n) is 43.3. The van der Waals surface area contributed by atoms with Crippen LogP contribution >= 0.6 is 0 Å². The molecule has 0 fully saturated rings. The summed E-state index contributed by atoms with van der Waals surface area (Å²) in [5.74, 6) is -1.05. The molecule has 0 N–H and O–H groups in total. The number of carbonyl (C=O) groups is 3. The molecule has 0 radical (unpaired) electrons. The van der Waals surface area contributed by atoms with Gasteiger partial charge < -0.3 is 14.2 Å². The van der Waals surface area contributed by atoms with Crippen LogP contribution in [0.2, 0.25) is 0 Å². The number of hydrogen-bond acceptors (Lipinski definition) is 6. The van der Waals surface area contributed by atoms with E-state index in [2.05, 4.69) is 39.0 Å². The van der Waals surface area contributed by atoms with E-state index in [1.54, 1.807) is 0 Å². The fourth-order valence-electron chi connectivity index (χ4n) is 6.93. The van der Waals surface area contributed by atoms with Gasteiger partial charge in [-0.1, -0.05) is 282 Å². The quantitative estimate of drug-likeness (QED) is 0.0262. The lowest BCUT2D eigenvalue weighted by Crippen LogP contribution is -2.30. The summed E-state index contributed by atoms with van der Waals surface area (Å²) in [6.07, 6.45) is 78.4. The maximum absolute atomic E-state index is 12.8. The fourth-order valence-corrected chi connectivity index (χ4v) is 6.93. The monoisotopic (exact) mass is 937 g/mol. The first kappa shape index (κ1) is 63.3. The van der Waals surface area contributed by atoms with Crippen molar-refractivity contribution in [2.45, 2.75) is 213 Å². The normalized spacial score (nSPS) is 13.3. The van der Waals surface area contributed by atoms with E-state index in [9.17, 15) is 14.4 Å².